The van der Waals surface area contributed by atoms with Crippen molar-refractivity contribution in [3.63, 3.8) is 0 Å². The van der Waals surface area contributed by atoms with Gasteiger partial charge in [-0.2, -0.15) is 0 Å². The van der Waals surface area contributed by atoms with Crippen LogP contribution in [0.5, 0.6) is 0 Å². The highest BCUT2D eigenvalue weighted by molar-refractivity contribution is 7.92. The third-order valence-electron chi connectivity index (χ3n) is 4.80. The van der Waals surface area contributed by atoms with Crippen molar-refractivity contribution in [3.8, 4) is 0 Å². The molecule has 160 valence electrons. The van der Waals surface area contributed by atoms with E-state index in [2.05, 4.69) is 4.72 Å². The predicted molar refractivity (Wildman–Crippen MR) is 111 cm³/mol. The van der Waals surface area contributed by atoms with Gasteiger partial charge in [-0.25, -0.2) is 8.42 Å². The summed E-state index contributed by atoms with van der Waals surface area (Å²) in [4.78, 5) is 25.0. The zero-order chi connectivity index (χ0) is 22.1. The molecule has 10 heteroatoms. The van der Waals surface area contributed by atoms with Crippen LogP contribution in [0.25, 0.3) is 0 Å². The third-order valence-corrected chi connectivity index (χ3v) is 6.16. The quantitative estimate of drug-likeness (QED) is 0.572. The van der Waals surface area contributed by atoms with Gasteiger partial charge in [-0.15, -0.1) is 0 Å². The van der Waals surface area contributed by atoms with E-state index in [-0.39, 0.29) is 39.9 Å². The van der Waals surface area contributed by atoms with Crippen molar-refractivity contribution in [1.82, 2.24) is 4.90 Å². The summed E-state index contributed by atoms with van der Waals surface area (Å²) >= 11 is 0. The highest BCUT2D eigenvalue weighted by atomic mass is 32.2. The van der Waals surface area contributed by atoms with E-state index in [9.17, 15) is 23.3 Å². The number of nitro benzene ring substituents is 1. The molecule has 0 bridgehead atoms. The molecule has 9 nitrogen and oxygen atoms in total. The van der Waals surface area contributed by atoms with Gasteiger partial charge in [0.1, 0.15) is 0 Å². The van der Waals surface area contributed by atoms with Crippen LogP contribution in [-0.4, -0.2) is 49.4 Å². The summed E-state index contributed by atoms with van der Waals surface area (Å²) in [6.45, 7) is 6.06. The number of nitrogens with one attached hydrogen (secondary N) is 1. The number of sulfonamides is 1. The standard InChI is InChI=1S/C20H23N3O6S/c1-13-8-9-16(10-19(13)23(25)26)30(27,28)21-18-7-5-4-6-17(18)20(24)22-11-14(2)29-15(3)12-22/h4-10,14-15,21H,11-12H2,1-3H3. The first-order valence-electron chi connectivity index (χ1n) is 9.40. The first kappa shape index (κ1) is 21.7. The lowest BCUT2D eigenvalue weighted by Gasteiger charge is -2.35. The number of benzene rings is 2. The van der Waals surface area contributed by atoms with E-state index in [1.54, 1.807) is 23.1 Å². The van der Waals surface area contributed by atoms with Gasteiger partial charge in [0.2, 0.25) is 0 Å². The number of anilines is 1. The Bertz CT molecular complexity index is 1080. The monoisotopic (exact) mass is 433 g/mol. The molecule has 2 atom stereocenters. The minimum Gasteiger partial charge on any atom is -0.372 e. The van der Waals surface area contributed by atoms with Crippen molar-refractivity contribution < 1.29 is 22.9 Å². The zero-order valence-corrected chi connectivity index (χ0v) is 17.7. The second kappa shape index (κ2) is 8.41. The van der Waals surface area contributed by atoms with Gasteiger partial charge >= 0.3 is 0 Å². The SMILES string of the molecule is Cc1ccc(S(=O)(=O)Nc2ccccc2C(=O)N2CC(C)OC(C)C2)cc1[N+](=O)[O-]. The molecule has 1 amide bonds. The summed E-state index contributed by atoms with van der Waals surface area (Å²) in [5, 5.41) is 11.2. The average Bonchev–Trinajstić information content (AvgIpc) is 2.66. The summed E-state index contributed by atoms with van der Waals surface area (Å²) in [5.74, 6) is -0.315. The minimum atomic E-state index is -4.14. The Balaban J connectivity index is 1.92. The third kappa shape index (κ3) is 4.60. The average molecular weight is 433 g/mol. The lowest BCUT2D eigenvalue weighted by Crippen LogP contribution is -2.48. The van der Waals surface area contributed by atoms with Gasteiger partial charge < -0.3 is 9.64 Å². The molecule has 1 aliphatic heterocycles. The second-order valence-corrected chi connectivity index (χ2v) is 9.01. The number of aryl methyl sites for hydroxylation is 1. The topological polar surface area (TPSA) is 119 Å². The summed E-state index contributed by atoms with van der Waals surface area (Å²) in [6.07, 6.45) is -0.260. The molecule has 0 spiro atoms. The van der Waals surface area contributed by atoms with Crippen molar-refractivity contribution >= 4 is 27.3 Å². The van der Waals surface area contributed by atoms with Crippen LogP contribution in [0.4, 0.5) is 11.4 Å². The van der Waals surface area contributed by atoms with Gasteiger partial charge in [0.15, 0.2) is 0 Å². The van der Waals surface area contributed by atoms with E-state index in [1.165, 1.54) is 25.1 Å². The largest absolute Gasteiger partial charge is 0.372 e. The molecule has 1 fully saturated rings. The van der Waals surface area contributed by atoms with E-state index < -0.39 is 14.9 Å². The van der Waals surface area contributed by atoms with Crippen molar-refractivity contribution in [2.24, 2.45) is 0 Å². The number of nitro groups is 1. The fraction of sp³-hybridized carbons (Fsp3) is 0.350. The number of para-hydroxylation sites is 1. The second-order valence-electron chi connectivity index (χ2n) is 7.32. The number of rotatable bonds is 5. The van der Waals surface area contributed by atoms with Crippen LogP contribution in [0, 0.1) is 17.0 Å². The van der Waals surface area contributed by atoms with Crippen molar-refractivity contribution in [1.29, 1.82) is 0 Å². The Hall–Kier alpha value is -2.98. The van der Waals surface area contributed by atoms with Crippen LogP contribution in [-0.2, 0) is 14.8 Å². The number of hydrogen-bond donors (Lipinski definition) is 1. The van der Waals surface area contributed by atoms with Crippen molar-refractivity contribution in [2.45, 2.75) is 37.9 Å². The molecule has 2 aromatic carbocycles. The number of morpholine rings is 1. The Labute approximate surface area is 174 Å². The number of hydrogen-bond acceptors (Lipinski definition) is 6. The highest BCUT2D eigenvalue weighted by Gasteiger charge is 2.29. The van der Waals surface area contributed by atoms with Gasteiger partial charge in [-0.05, 0) is 39.0 Å². The summed E-state index contributed by atoms with van der Waals surface area (Å²) in [6, 6.07) is 9.96. The Kier molecular flexibility index (Phi) is 6.09. The fourth-order valence-electron chi connectivity index (χ4n) is 3.43. The molecule has 1 aliphatic rings. The molecule has 0 saturated carbocycles. The molecule has 0 aromatic heterocycles. The van der Waals surface area contributed by atoms with Gasteiger partial charge in [-0.1, -0.05) is 18.2 Å². The molecular weight excluding hydrogens is 410 g/mol. The molecule has 1 heterocycles. The summed E-state index contributed by atoms with van der Waals surface area (Å²) in [7, 11) is -4.14. The fourth-order valence-corrected chi connectivity index (χ4v) is 4.53. The van der Waals surface area contributed by atoms with Crippen molar-refractivity contribution in [3.05, 3.63) is 63.7 Å². The Morgan fingerprint density at radius 1 is 1.17 bits per heavy atom. The Morgan fingerprint density at radius 3 is 2.43 bits per heavy atom. The van der Waals surface area contributed by atoms with Crippen LogP contribution in [0.3, 0.4) is 0 Å². The lowest BCUT2D eigenvalue weighted by molar-refractivity contribution is -0.385. The summed E-state index contributed by atoms with van der Waals surface area (Å²) < 4.78 is 33.8. The maximum atomic E-state index is 13.1. The molecule has 1 N–H and O–H groups in total. The van der Waals surface area contributed by atoms with Crippen LogP contribution in [0.1, 0.15) is 29.8 Å². The van der Waals surface area contributed by atoms with Crippen LogP contribution < -0.4 is 4.72 Å². The van der Waals surface area contributed by atoms with E-state index in [0.29, 0.717) is 18.7 Å². The van der Waals surface area contributed by atoms with E-state index >= 15 is 0 Å². The van der Waals surface area contributed by atoms with Crippen LogP contribution >= 0.6 is 0 Å². The molecule has 1 saturated heterocycles. The lowest BCUT2D eigenvalue weighted by atomic mass is 10.1. The first-order chi connectivity index (χ1) is 14.1. The van der Waals surface area contributed by atoms with E-state index in [1.807, 2.05) is 13.8 Å². The minimum absolute atomic E-state index is 0.109. The Morgan fingerprint density at radius 2 is 1.80 bits per heavy atom. The number of nitrogens with zero attached hydrogens (tertiary/aromatic N) is 2. The van der Waals surface area contributed by atoms with Crippen LogP contribution in [0.2, 0.25) is 0 Å². The summed E-state index contributed by atoms with van der Waals surface area (Å²) in [5.41, 5.74) is 0.366. The van der Waals surface area contributed by atoms with Crippen molar-refractivity contribution in [2.75, 3.05) is 17.8 Å². The van der Waals surface area contributed by atoms with E-state index in [4.69, 9.17) is 4.74 Å². The molecule has 2 aromatic rings. The first-order valence-corrected chi connectivity index (χ1v) is 10.9. The van der Waals surface area contributed by atoms with Gasteiger partial charge in [0, 0.05) is 24.7 Å². The highest BCUT2D eigenvalue weighted by Crippen LogP contribution is 2.26. The molecule has 0 radical (unpaired) electrons. The van der Waals surface area contributed by atoms with Gasteiger partial charge in [0.25, 0.3) is 21.6 Å². The number of ether oxygens (including phenoxy) is 1. The maximum absolute atomic E-state index is 13.1. The predicted octanol–water partition coefficient (Wildman–Crippen LogP) is 2.95. The number of carbonyl (C=O) groups excluding carboxylic acids is 1. The molecule has 2 unspecified atom stereocenters. The normalized spacial score (nSPS) is 19.4. The zero-order valence-electron chi connectivity index (χ0n) is 16.9. The number of amides is 1. The molecule has 3 rings (SSSR count). The van der Waals surface area contributed by atoms with Gasteiger partial charge in [-0.3, -0.25) is 19.6 Å². The van der Waals surface area contributed by atoms with Crippen LogP contribution in [0.15, 0.2) is 47.4 Å². The van der Waals surface area contributed by atoms with Gasteiger partial charge in [0.05, 0.1) is 33.3 Å². The molecular formula is C20H23N3O6S. The maximum Gasteiger partial charge on any atom is 0.273 e. The number of carbonyl (C=O) groups is 1. The molecule has 30 heavy (non-hydrogen) atoms. The smallest absolute Gasteiger partial charge is 0.273 e. The molecule has 0 aliphatic carbocycles. The van der Waals surface area contributed by atoms with E-state index in [0.717, 1.165) is 6.07 Å².